The summed E-state index contributed by atoms with van der Waals surface area (Å²) in [4.78, 5) is 13.2. The molecule has 0 amide bonds. The number of morpholine rings is 1. The van der Waals surface area contributed by atoms with E-state index in [0.29, 0.717) is 38.4 Å². The molecule has 1 heterocycles. The Balaban J connectivity index is 1.79. The molecule has 2 N–H and O–H groups in total. The molecule has 1 aliphatic rings. The first-order chi connectivity index (χ1) is 13.9. The lowest BCUT2D eigenvalue weighted by Gasteiger charge is -2.30. The molecule has 2 aromatic rings. The summed E-state index contributed by atoms with van der Waals surface area (Å²) < 4.78 is 39.0. The third-order valence-electron chi connectivity index (χ3n) is 4.71. The average molecular weight is 420 g/mol. The first-order valence-electron chi connectivity index (χ1n) is 9.23. The zero-order valence-corrected chi connectivity index (χ0v) is 16.9. The van der Waals surface area contributed by atoms with Crippen molar-refractivity contribution in [2.45, 2.75) is 11.3 Å². The van der Waals surface area contributed by atoms with Gasteiger partial charge in [0.25, 0.3) is 0 Å². The second-order valence-corrected chi connectivity index (χ2v) is 8.32. The highest BCUT2D eigenvalue weighted by molar-refractivity contribution is 7.89. The van der Waals surface area contributed by atoms with Gasteiger partial charge in [0.05, 0.1) is 31.6 Å². The molecule has 0 bridgehead atoms. The van der Waals surface area contributed by atoms with Crippen molar-refractivity contribution < 1.29 is 27.8 Å². The molecule has 1 fully saturated rings. The molecule has 8 nitrogen and oxygen atoms in total. The second kappa shape index (κ2) is 9.25. The van der Waals surface area contributed by atoms with Crippen molar-refractivity contribution in [3.8, 4) is 5.75 Å². The third-order valence-corrected chi connectivity index (χ3v) is 6.20. The minimum atomic E-state index is -3.90. The average Bonchev–Trinajstić information content (AvgIpc) is 2.74. The van der Waals surface area contributed by atoms with Crippen molar-refractivity contribution in [2.75, 3.05) is 44.9 Å². The van der Waals surface area contributed by atoms with Gasteiger partial charge < -0.3 is 19.5 Å². The van der Waals surface area contributed by atoms with Crippen LogP contribution < -0.4 is 14.4 Å². The number of ether oxygens (including phenoxy) is 2. The van der Waals surface area contributed by atoms with Crippen LogP contribution >= 0.6 is 0 Å². The van der Waals surface area contributed by atoms with E-state index < -0.39 is 16.0 Å². The molecule has 0 unspecified atom stereocenters. The van der Waals surface area contributed by atoms with Gasteiger partial charge in [-0.05, 0) is 42.3 Å². The van der Waals surface area contributed by atoms with Crippen LogP contribution in [-0.2, 0) is 21.2 Å². The van der Waals surface area contributed by atoms with Crippen LogP contribution in [0.2, 0.25) is 0 Å². The van der Waals surface area contributed by atoms with Crippen molar-refractivity contribution in [3.05, 3.63) is 53.6 Å². The number of aromatic carboxylic acids is 1. The van der Waals surface area contributed by atoms with E-state index in [1.807, 2.05) is 29.2 Å². The maximum Gasteiger partial charge on any atom is 0.335 e. The fourth-order valence-corrected chi connectivity index (χ4v) is 4.41. The Hall–Kier alpha value is -2.62. The molecule has 2 aromatic carbocycles. The molecule has 1 aliphatic heterocycles. The van der Waals surface area contributed by atoms with E-state index in [9.17, 15) is 18.3 Å². The van der Waals surface area contributed by atoms with Gasteiger partial charge in [0.1, 0.15) is 10.6 Å². The van der Waals surface area contributed by atoms with Gasteiger partial charge in [-0.25, -0.2) is 17.9 Å². The SMILES string of the molecule is COc1ccc(CCNS(=O)(=O)c2cc(C(=O)O)ccc2N2CCOCC2)cc1. The molecule has 0 aromatic heterocycles. The second-order valence-electron chi connectivity index (χ2n) is 6.58. The maximum absolute atomic E-state index is 13.0. The Bertz CT molecular complexity index is 953. The number of anilines is 1. The summed E-state index contributed by atoms with van der Waals surface area (Å²) in [5, 5.41) is 9.28. The highest BCUT2D eigenvalue weighted by Crippen LogP contribution is 2.27. The van der Waals surface area contributed by atoms with Crippen LogP contribution in [0.1, 0.15) is 15.9 Å². The number of benzene rings is 2. The predicted octanol–water partition coefficient (Wildman–Crippen LogP) is 1.75. The Labute approximate surface area is 170 Å². The number of rotatable bonds is 8. The Morgan fingerprint density at radius 2 is 1.86 bits per heavy atom. The van der Waals surface area contributed by atoms with E-state index in [1.165, 1.54) is 12.1 Å². The molecule has 0 atom stereocenters. The zero-order chi connectivity index (χ0) is 20.9. The van der Waals surface area contributed by atoms with Crippen LogP contribution in [0.5, 0.6) is 5.75 Å². The minimum absolute atomic E-state index is 0.0333. The third kappa shape index (κ3) is 5.26. The number of nitrogens with one attached hydrogen (secondary N) is 1. The van der Waals surface area contributed by atoms with E-state index in [1.54, 1.807) is 13.2 Å². The van der Waals surface area contributed by atoms with Gasteiger partial charge in [0.2, 0.25) is 10.0 Å². The van der Waals surface area contributed by atoms with Crippen molar-refractivity contribution >= 4 is 21.7 Å². The normalized spacial score (nSPS) is 14.6. The summed E-state index contributed by atoms with van der Waals surface area (Å²) in [5.74, 6) is -0.442. The van der Waals surface area contributed by atoms with Crippen LogP contribution in [-0.4, -0.2) is 59.5 Å². The maximum atomic E-state index is 13.0. The summed E-state index contributed by atoms with van der Waals surface area (Å²) in [6.45, 7) is 2.26. The van der Waals surface area contributed by atoms with E-state index in [4.69, 9.17) is 9.47 Å². The van der Waals surface area contributed by atoms with Crippen LogP contribution in [0.25, 0.3) is 0 Å². The van der Waals surface area contributed by atoms with Crippen LogP contribution in [0.15, 0.2) is 47.4 Å². The molecule has 29 heavy (non-hydrogen) atoms. The number of hydrogen-bond donors (Lipinski definition) is 2. The Kier molecular flexibility index (Phi) is 6.73. The van der Waals surface area contributed by atoms with Crippen LogP contribution in [0, 0.1) is 0 Å². The topological polar surface area (TPSA) is 105 Å². The van der Waals surface area contributed by atoms with Crippen molar-refractivity contribution in [2.24, 2.45) is 0 Å². The molecule has 0 spiro atoms. The lowest BCUT2D eigenvalue weighted by Crippen LogP contribution is -2.38. The number of sulfonamides is 1. The summed E-state index contributed by atoms with van der Waals surface area (Å²) in [7, 11) is -2.32. The van der Waals surface area contributed by atoms with Gasteiger partial charge in [-0.2, -0.15) is 0 Å². The van der Waals surface area contributed by atoms with Crippen molar-refractivity contribution in [1.82, 2.24) is 4.72 Å². The fourth-order valence-electron chi connectivity index (χ4n) is 3.13. The molecule has 0 radical (unpaired) electrons. The molecule has 156 valence electrons. The van der Waals surface area contributed by atoms with Gasteiger partial charge in [-0.3, -0.25) is 0 Å². The quantitative estimate of drug-likeness (QED) is 0.670. The number of nitrogens with zero attached hydrogens (tertiary/aromatic N) is 1. The summed E-state index contributed by atoms with van der Waals surface area (Å²) >= 11 is 0. The first kappa shape index (κ1) is 21.1. The number of carboxylic acid groups (broad SMARTS) is 1. The van der Waals surface area contributed by atoms with Crippen molar-refractivity contribution in [1.29, 1.82) is 0 Å². The van der Waals surface area contributed by atoms with E-state index in [0.717, 1.165) is 11.3 Å². The molecular formula is C20H24N2O6S. The zero-order valence-electron chi connectivity index (χ0n) is 16.1. The lowest BCUT2D eigenvalue weighted by atomic mass is 10.1. The Morgan fingerprint density at radius 3 is 2.48 bits per heavy atom. The van der Waals surface area contributed by atoms with Gasteiger partial charge in [0, 0.05) is 19.6 Å². The standard InChI is InChI=1S/C20H24N2O6S/c1-27-17-5-2-15(3-6-17)8-9-21-29(25,26)19-14-16(20(23)24)4-7-18(19)22-10-12-28-13-11-22/h2-7,14,21H,8-13H2,1H3,(H,23,24). The number of carbonyl (C=O) groups is 1. The van der Waals surface area contributed by atoms with Gasteiger partial charge in [-0.15, -0.1) is 0 Å². The monoisotopic (exact) mass is 420 g/mol. The largest absolute Gasteiger partial charge is 0.497 e. The summed E-state index contributed by atoms with van der Waals surface area (Å²) in [6.07, 6.45) is 0.495. The Morgan fingerprint density at radius 1 is 1.17 bits per heavy atom. The minimum Gasteiger partial charge on any atom is -0.497 e. The van der Waals surface area contributed by atoms with Gasteiger partial charge >= 0.3 is 5.97 Å². The fraction of sp³-hybridized carbons (Fsp3) is 0.350. The van der Waals surface area contributed by atoms with Gasteiger partial charge in [-0.1, -0.05) is 12.1 Å². The van der Waals surface area contributed by atoms with Crippen LogP contribution in [0.3, 0.4) is 0 Å². The molecule has 1 saturated heterocycles. The summed E-state index contributed by atoms with van der Waals surface area (Å²) in [5.41, 5.74) is 1.37. The van der Waals surface area contributed by atoms with E-state index in [-0.39, 0.29) is 17.0 Å². The number of hydrogen-bond acceptors (Lipinski definition) is 6. The van der Waals surface area contributed by atoms with Crippen LogP contribution in [0.4, 0.5) is 5.69 Å². The number of methoxy groups -OCH3 is 1. The van der Waals surface area contributed by atoms with E-state index >= 15 is 0 Å². The molecule has 9 heteroatoms. The van der Waals surface area contributed by atoms with E-state index in [2.05, 4.69) is 4.72 Å². The molecule has 3 rings (SSSR count). The molecule has 0 aliphatic carbocycles. The first-order valence-corrected chi connectivity index (χ1v) is 10.7. The highest BCUT2D eigenvalue weighted by atomic mass is 32.2. The predicted molar refractivity (Wildman–Crippen MR) is 108 cm³/mol. The molecule has 0 saturated carbocycles. The van der Waals surface area contributed by atoms with Crippen molar-refractivity contribution in [3.63, 3.8) is 0 Å². The molecular weight excluding hydrogens is 396 g/mol. The van der Waals surface area contributed by atoms with Gasteiger partial charge in [0.15, 0.2) is 0 Å². The highest BCUT2D eigenvalue weighted by Gasteiger charge is 2.24. The smallest absolute Gasteiger partial charge is 0.335 e. The lowest BCUT2D eigenvalue weighted by molar-refractivity contribution is 0.0696. The number of carboxylic acids is 1. The summed E-state index contributed by atoms with van der Waals surface area (Å²) in [6, 6.07) is 11.6.